The van der Waals surface area contributed by atoms with Gasteiger partial charge in [0.1, 0.15) is 5.82 Å². The van der Waals surface area contributed by atoms with Gasteiger partial charge in [-0.3, -0.25) is 0 Å². The molecule has 2 heteroatoms. The van der Waals surface area contributed by atoms with E-state index in [9.17, 15) is 4.39 Å². The molecule has 0 saturated heterocycles. The number of hydrogen-bond donors (Lipinski definition) is 1. The summed E-state index contributed by atoms with van der Waals surface area (Å²) in [6.07, 6.45) is 9.14. The molecule has 0 radical (unpaired) electrons. The highest BCUT2D eigenvalue weighted by Gasteiger charge is 2.24. The fourth-order valence-corrected chi connectivity index (χ4v) is 3.53. The average molecular weight is 277 g/mol. The molecule has 112 valence electrons. The van der Waals surface area contributed by atoms with Crippen molar-refractivity contribution in [1.29, 1.82) is 0 Å². The number of nitrogens with one attached hydrogen (secondary N) is 1. The summed E-state index contributed by atoms with van der Waals surface area (Å²) in [5, 5.41) is 3.84. The van der Waals surface area contributed by atoms with Gasteiger partial charge in [-0.05, 0) is 49.3 Å². The van der Waals surface area contributed by atoms with Crippen LogP contribution in [0.4, 0.5) is 4.39 Å². The summed E-state index contributed by atoms with van der Waals surface area (Å²) >= 11 is 0. The Bertz CT molecular complexity index is 381. The molecular weight excluding hydrogens is 249 g/mol. The second-order valence-corrected chi connectivity index (χ2v) is 6.09. The van der Waals surface area contributed by atoms with Crippen molar-refractivity contribution < 1.29 is 4.39 Å². The lowest BCUT2D eigenvalue weighted by atomic mass is 9.82. The minimum Gasteiger partial charge on any atom is -0.307 e. The lowest BCUT2D eigenvalue weighted by Crippen LogP contribution is -2.39. The first-order valence-corrected chi connectivity index (χ1v) is 8.26. The average Bonchev–Trinajstić information content (AvgIpc) is 2.51. The topological polar surface area (TPSA) is 12.0 Å². The Balaban J connectivity index is 2.01. The number of hydrogen-bond acceptors (Lipinski definition) is 1. The number of benzene rings is 1. The van der Waals surface area contributed by atoms with Crippen LogP contribution in [0.3, 0.4) is 0 Å². The molecule has 1 saturated carbocycles. The monoisotopic (exact) mass is 277 g/mol. The normalized spacial score (nSPS) is 19.8. The van der Waals surface area contributed by atoms with Crippen LogP contribution in [0, 0.1) is 11.7 Å². The Morgan fingerprint density at radius 1 is 1.05 bits per heavy atom. The zero-order chi connectivity index (χ0) is 14.4. The van der Waals surface area contributed by atoms with Crippen molar-refractivity contribution in [3.63, 3.8) is 0 Å². The zero-order valence-electron chi connectivity index (χ0n) is 12.9. The second-order valence-electron chi connectivity index (χ2n) is 6.09. The molecule has 20 heavy (non-hydrogen) atoms. The Kier molecular flexibility index (Phi) is 6.03. The van der Waals surface area contributed by atoms with Gasteiger partial charge in [-0.15, -0.1) is 0 Å². The van der Waals surface area contributed by atoms with Gasteiger partial charge in [0, 0.05) is 12.1 Å². The summed E-state index contributed by atoms with van der Waals surface area (Å²) in [6, 6.07) is 7.93. The fraction of sp³-hybridized carbons (Fsp3) is 0.667. The van der Waals surface area contributed by atoms with Crippen molar-refractivity contribution >= 4 is 0 Å². The molecule has 0 aromatic heterocycles. The molecule has 1 aromatic carbocycles. The summed E-state index contributed by atoms with van der Waals surface area (Å²) < 4.78 is 13.1. The summed E-state index contributed by atoms with van der Waals surface area (Å²) in [5.41, 5.74) is 1.21. The molecule has 1 aliphatic carbocycles. The van der Waals surface area contributed by atoms with Crippen molar-refractivity contribution in [2.24, 2.45) is 5.92 Å². The van der Waals surface area contributed by atoms with Crippen LogP contribution in [0.5, 0.6) is 0 Å². The molecule has 1 nitrogen and oxygen atoms in total. The smallest absolute Gasteiger partial charge is 0.123 e. The number of rotatable bonds is 6. The van der Waals surface area contributed by atoms with E-state index in [-0.39, 0.29) is 5.82 Å². The van der Waals surface area contributed by atoms with E-state index >= 15 is 0 Å². The fourth-order valence-electron chi connectivity index (χ4n) is 3.53. The predicted molar refractivity (Wildman–Crippen MR) is 83.2 cm³/mol. The van der Waals surface area contributed by atoms with Crippen LogP contribution < -0.4 is 5.32 Å². The van der Waals surface area contributed by atoms with Gasteiger partial charge in [-0.2, -0.15) is 0 Å². The van der Waals surface area contributed by atoms with Gasteiger partial charge >= 0.3 is 0 Å². The molecule has 1 fully saturated rings. The van der Waals surface area contributed by atoms with E-state index < -0.39 is 0 Å². The van der Waals surface area contributed by atoms with Gasteiger partial charge < -0.3 is 5.32 Å². The van der Waals surface area contributed by atoms with Gasteiger partial charge in [0.2, 0.25) is 0 Å². The lowest BCUT2D eigenvalue weighted by molar-refractivity contribution is 0.244. The van der Waals surface area contributed by atoms with E-state index in [4.69, 9.17) is 0 Å². The van der Waals surface area contributed by atoms with Gasteiger partial charge in [0.15, 0.2) is 0 Å². The van der Waals surface area contributed by atoms with E-state index in [2.05, 4.69) is 19.2 Å². The van der Waals surface area contributed by atoms with E-state index in [1.165, 1.54) is 44.1 Å². The number of halogens is 1. The summed E-state index contributed by atoms with van der Waals surface area (Å²) in [4.78, 5) is 0. The van der Waals surface area contributed by atoms with E-state index in [0.29, 0.717) is 12.1 Å². The highest BCUT2D eigenvalue weighted by atomic mass is 19.1. The standard InChI is InChI=1S/C18H28FN/c1-3-17(14-8-6-5-7-9-14)20-18(4-2)15-10-12-16(19)13-11-15/h10-14,17-18,20H,3-9H2,1-2H3. The molecule has 0 aliphatic heterocycles. The molecule has 0 spiro atoms. The molecule has 2 rings (SSSR count). The van der Waals surface area contributed by atoms with Crippen LogP contribution in [0.15, 0.2) is 24.3 Å². The quantitative estimate of drug-likeness (QED) is 0.751. The third kappa shape index (κ3) is 4.05. The van der Waals surface area contributed by atoms with Gasteiger partial charge in [-0.1, -0.05) is 45.2 Å². The first-order valence-electron chi connectivity index (χ1n) is 8.26. The first kappa shape index (κ1) is 15.5. The van der Waals surface area contributed by atoms with Crippen LogP contribution in [0.2, 0.25) is 0 Å². The minimum absolute atomic E-state index is 0.150. The maximum atomic E-state index is 13.1. The summed E-state index contributed by atoms with van der Waals surface area (Å²) in [6.45, 7) is 4.48. The minimum atomic E-state index is -0.150. The maximum absolute atomic E-state index is 13.1. The molecule has 2 atom stereocenters. The highest BCUT2D eigenvalue weighted by Crippen LogP contribution is 2.29. The van der Waals surface area contributed by atoms with E-state index in [0.717, 1.165) is 12.3 Å². The lowest BCUT2D eigenvalue weighted by Gasteiger charge is -2.33. The first-order chi connectivity index (χ1) is 9.74. The van der Waals surface area contributed by atoms with E-state index in [1.807, 2.05) is 12.1 Å². The molecule has 0 bridgehead atoms. The zero-order valence-corrected chi connectivity index (χ0v) is 12.9. The largest absolute Gasteiger partial charge is 0.307 e. The van der Waals surface area contributed by atoms with Crippen LogP contribution in [0.1, 0.15) is 70.4 Å². The Labute approximate surface area is 123 Å². The van der Waals surface area contributed by atoms with Crippen LogP contribution in [-0.2, 0) is 0 Å². The highest BCUT2D eigenvalue weighted by molar-refractivity contribution is 5.20. The van der Waals surface area contributed by atoms with Crippen molar-refractivity contribution in [3.05, 3.63) is 35.6 Å². The Morgan fingerprint density at radius 2 is 1.70 bits per heavy atom. The van der Waals surface area contributed by atoms with Crippen molar-refractivity contribution in [1.82, 2.24) is 5.32 Å². The van der Waals surface area contributed by atoms with Crippen LogP contribution in [0.25, 0.3) is 0 Å². The molecule has 0 heterocycles. The molecule has 1 aliphatic rings. The third-order valence-corrected chi connectivity index (χ3v) is 4.75. The molecule has 1 N–H and O–H groups in total. The third-order valence-electron chi connectivity index (χ3n) is 4.75. The van der Waals surface area contributed by atoms with Crippen molar-refractivity contribution in [2.75, 3.05) is 0 Å². The van der Waals surface area contributed by atoms with Crippen LogP contribution >= 0.6 is 0 Å². The molecule has 1 aromatic rings. The van der Waals surface area contributed by atoms with Gasteiger partial charge in [0.05, 0.1) is 0 Å². The summed E-state index contributed by atoms with van der Waals surface area (Å²) in [5.74, 6) is 0.672. The molecule has 0 amide bonds. The molecule has 2 unspecified atom stereocenters. The van der Waals surface area contributed by atoms with Gasteiger partial charge in [0.25, 0.3) is 0 Å². The predicted octanol–water partition coefficient (Wildman–Crippen LogP) is 5.23. The SMILES string of the molecule is CCC(NC(CC)C1CCCCC1)c1ccc(F)cc1. The van der Waals surface area contributed by atoms with Crippen molar-refractivity contribution in [3.8, 4) is 0 Å². The Hall–Kier alpha value is -0.890. The second kappa shape index (κ2) is 7.78. The van der Waals surface area contributed by atoms with Crippen molar-refractivity contribution in [2.45, 2.75) is 70.9 Å². The van der Waals surface area contributed by atoms with E-state index in [1.54, 1.807) is 12.1 Å². The maximum Gasteiger partial charge on any atom is 0.123 e. The summed E-state index contributed by atoms with van der Waals surface area (Å²) in [7, 11) is 0. The molecular formula is C18H28FN. The Morgan fingerprint density at radius 3 is 2.25 bits per heavy atom. The van der Waals surface area contributed by atoms with Gasteiger partial charge in [-0.25, -0.2) is 4.39 Å². The van der Waals surface area contributed by atoms with Crippen LogP contribution in [-0.4, -0.2) is 6.04 Å².